The van der Waals surface area contributed by atoms with Crippen LogP contribution in [-0.2, 0) is 4.74 Å². The van der Waals surface area contributed by atoms with E-state index in [1.54, 1.807) is 4.90 Å². The molecule has 0 bridgehead atoms. The van der Waals surface area contributed by atoms with Crippen molar-refractivity contribution < 1.29 is 9.53 Å². The fraction of sp³-hybridized carbons (Fsp3) is 0.533. The maximum Gasteiger partial charge on any atom is 0.410 e. The number of ether oxygens (including phenoxy) is 1. The van der Waals surface area contributed by atoms with E-state index >= 15 is 0 Å². The van der Waals surface area contributed by atoms with Gasteiger partial charge >= 0.3 is 6.09 Å². The Balaban J connectivity index is 2.26. The van der Waals surface area contributed by atoms with Crippen LogP contribution < -0.4 is 5.73 Å². The first-order chi connectivity index (χ1) is 9.29. The van der Waals surface area contributed by atoms with Gasteiger partial charge in [-0.25, -0.2) is 4.79 Å². The first-order valence-corrected chi connectivity index (χ1v) is 7.58. The summed E-state index contributed by atoms with van der Waals surface area (Å²) in [6, 6.07) is 7.66. The summed E-state index contributed by atoms with van der Waals surface area (Å²) in [4.78, 5) is 14.1. The molecule has 1 amide bonds. The normalized spacial score (nSPS) is 22.9. The monoisotopic (exact) mass is 340 g/mol. The number of carbonyl (C=O) groups is 1. The van der Waals surface area contributed by atoms with Crippen LogP contribution in [0.3, 0.4) is 0 Å². The first-order valence-electron chi connectivity index (χ1n) is 6.79. The topological polar surface area (TPSA) is 55.6 Å². The lowest BCUT2D eigenvalue weighted by atomic mass is 10.0. The molecule has 1 heterocycles. The van der Waals surface area contributed by atoms with Crippen molar-refractivity contribution >= 4 is 22.0 Å². The zero-order valence-corrected chi connectivity index (χ0v) is 13.7. The van der Waals surface area contributed by atoms with Gasteiger partial charge in [-0.05, 0) is 38.8 Å². The van der Waals surface area contributed by atoms with Gasteiger partial charge in [0, 0.05) is 17.1 Å². The van der Waals surface area contributed by atoms with Crippen LogP contribution in [0.4, 0.5) is 4.79 Å². The second-order valence-electron chi connectivity index (χ2n) is 6.09. The smallest absolute Gasteiger partial charge is 0.410 e. The molecule has 0 spiro atoms. The average molecular weight is 341 g/mol. The summed E-state index contributed by atoms with van der Waals surface area (Å²) in [6.07, 6.45) is 0.483. The molecule has 2 atom stereocenters. The van der Waals surface area contributed by atoms with Gasteiger partial charge in [0.2, 0.25) is 0 Å². The van der Waals surface area contributed by atoms with Crippen LogP contribution in [0.25, 0.3) is 0 Å². The SMILES string of the molecule is CC(C)(C)OC(=O)N1CC[C@H](N)[C@H]1c1ccccc1Br. The van der Waals surface area contributed by atoms with Crippen molar-refractivity contribution in [3.05, 3.63) is 34.3 Å². The van der Waals surface area contributed by atoms with Gasteiger partial charge in [-0.2, -0.15) is 0 Å². The molecule has 5 heteroatoms. The van der Waals surface area contributed by atoms with Gasteiger partial charge in [-0.3, -0.25) is 4.90 Å². The summed E-state index contributed by atoms with van der Waals surface area (Å²) >= 11 is 3.54. The number of benzene rings is 1. The molecule has 0 aliphatic carbocycles. The van der Waals surface area contributed by atoms with Crippen molar-refractivity contribution in [1.29, 1.82) is 0 Å². The molecule has 1 aromatic rings. The summed E-state index contributed by atoms with van der Waals surface area (Å²) in [5.41, 5.74) is 6.73. The van der Waals surface area contributed by atoms with Gasteiger partial charge < -0.3 is 10.5 Å². The van der Waals surface area contributed by atoms with E-state index in [-0.39, 0.29) is 18.2 Å². The Hall–Kier alpha value is -1.07. The molecule has 1 aromatic carbocycles. The highest BCUT2D eigenvalue weighted by Gasteiger charge is 2.38. The molecule has 1 saturated heterocycles. The standard InChI is InChI=1S/C15H21BrN2O2/c1-15(2,3)20-14(19)18-9-8-12(17)13(18)10-6-4-5-7-11(10)16/h4-7,12-13H,8-9,17H2,1-3H3/t12-,13+/m0/s1. The molecule has 110 valence electrons. The molecule has 1 aliphatic rings. The third-order valence-corrected chi connectivity index (χ3v) is 4.02. The molecule has 0 unspecified atom stereocenters. The zero-order chi connectivity index (χ0) is 14.9. The number of halogens is 1. The molecule has 2 rings (SSSR count). The highest BCUT2D eigenvalue weighted by Crippen LogP contribution is 2.36. The molecule has 1 fully saturated rings. The fourth-order valence-electron chi connectivity index (χ4n) is 2.46. The minimum absolute atomic E-state index is 0.0683. The Morgan fingerprint density at radius 2 is 2.05 bits per heavy atom. The third kappa shape index (κ3) is 3.33. The van der Waals surface area contributed by atoms with Crippen molar-refractivity contribution in [3.63, 3.8) is 0 Å². The maximum atomic E-state index is 12.3. The van der Waals surface area contributed by atoms with Crippen LogP contribution in [0.2, 0.25) is 0 Å². The van der Waals surface area contributed by atoms with E-state index in [1.807, 2.05) is 45.0 Å². The number of amides is 1. The van der Waals surface area contributed by atoms with Gasteiger partial charge in [0.05, 0.1) is 6.04 Å². The van der Waals surface area contributed by atoms with Crippen LogP contribution in [-0.4, -0.2) is 29.2 Å². The molecule has 0 aromatic heterocycles. The van der Waals surface area contributed by atoms with Gasteiger partial charge in [0.1, 0.15) is 5.60 Å². The van der Waals surface area contributed by atoms with E-state index in [2.05, 4.69) is 15.9 Å². The quantitative estimate of drug-likeness (QED) is 0.851. The van der Waals surface area contributed by atoms with E-state index < -0.39 is 5.60 Å². The first kappa shape index (κ1) is 15.3. The summed E-state index contributed by atoms with van der Waals surface area (Å²) in [6.45, 7) is 6.24. The number of rotatable bonds is 1. The second kappa shape index (κ2) is 5.74. The van der Waals surface area contributed by atoms with Crippen molar-refractivity contribution in [3.8, 4) is 0 Å². The fourth-order valence-corrected chi connectivity index (χ4v) is 2.97. The Morgan fingerprint density at radius 1 is 1.40 bits per heavy atom. The molecule has 2 N–H and O–H groups in total. The minimum Gasteiger partial charge on any atom is -0.444 e. The molecular formula is C15H21BrN2O2. The van der Waals surface area contributed by atoms with Gasteiger partial charge in [-0.15, -0.1) is 0 Å². The van der Waals surface area contributed by atoms with Crippen molar-refractivity contribution in [1.82, 2.24) is 4.90 Å². The number of likely N-dealkylation sites (tertiary alicyclic amines) is 1. The van der Waals surface area contributed by atoms with Crippen LogP contribution >= 0.6 is 15.9 Å². The highest BCUT2D eigenvalue weighted by molar-refractivity contribution is 9.10. The number of hydrogen-bond acceptors (Lipinski definition) is 3. The Morgan fingerprint density at radius 3 is 2.65 bits per heavy atom. The van der Waals surface area contributed by atoms with Crippen molar-refractivity contribution in [2.75, 3.05) is 6.54 Å². The number of hydrogen-bond donors (Lipinski definition) is 1. The predicted molar refractivity (Wildman–Crippen MR) is 82.4 cm³/mol. The van der Waals surface area contributed by atoms with Crippen molar-refractivity contribution in [2.24, 2.45) is 5.73 Å². The Labute approximate surface area is 128 Å². The Bertz CT molecular complexity index is 499. The molecule has 0 saturated carbocycles. The zero-order valence-electron chi connectivity index (χ0n) is 12.1. The van der Waals surface area contributed by atoms with Crippen LogP contribution in [0, 0.1) is 0 Å². The number of carbonyl (C=O) groups excluding carboxylic acids is 1. The lowest BCUT2D eigenvalue weighted by Gasteiger charge is -2.30. The van der Waals surface area contributed by atoms with Crippen LogP contribution in [0.15, 0.2) is 28.7 Å². The number of nitrogens with zero attached hydrogens (tertiary/aromatic N) is 1. The van der Waals surface area contributed by atoms with Crippen molar-refractivity contribution in [2.45, 2.75) is 44.9 Å². The average Bonchev–Trinajstić information content (AvgIpc) is 2.70. The summed E-state index contributed by atoms with van der Waals surface area (Å²) in [5.74, 6) is 0. The maximum absolute atomic E-state index is 12.3. The molecule has 0 radical (unpaired) electrons. The second-order valence-corrected chi connectivity index (χ2v) is 6.95. The van der Waals surface area contributed by atoms with Crippen LogP contribution in [0.5, 0.6) is 0 Å². The van der Waals surface area contributed by atoms with E-state index in [0.717, 1.165) is 16.5 Å². The molecule has 1 aliphatic heterocycles. The van der Waals surface area contributed by atoms with E-state index in [9.17, 15) is 4.79 Å². The van der Waals surface area contributed by atoms with Gasteiger partial charge in [-0.1, -0.05) is 34.1 Å². The molecule has 20 heavy (non-hydrogen) atoms. The summed E-state index contributed by atoms with van der Waals surface area (Å²) in [7, 11) is 0. The molecule has 4 nitrogen and oxygen atoms in total. The van der Waals surface area contributed by atoms with E-state index in [1.165, 1.54) is 0 Å². The summed E-state index contributed by atoms with van der Waals surface area (Å²) < 4.78 is 6.45. The largest absolute Gasteiger partial charge is 0.444 e. The Kier molecular flexibility index (Phi) is 4.39. The summed E-state index contributed by atoms with van der Waals surface area (Å²) in [5, 5.41) is 0. The minimum atomic E-state index is -0.498. The lowest BCUT2D eigenvalue weighted by Crippen LogP contribution is -2.39. The van der Waals surface area contributed by atoms with E-state index in [4.69, 9.17) is 10.5 Å². The third-order valence-electron chi connectivity index (χ3n) is 3.30. The lowest BCUT2D eigenvalue weighted by molar-refractivity contribution is 0.0218. The van der Waals surface area contributed by atoms with Gasteiger partial charge in [0.15, 0.2) is 0 Å². The predicted octanol–water partition coefficient (Wildman–Crippen LogP) is 3.46. The van der Waals surface area contributed by atoms with E-state index in [0.29, 0.717) is 6.54 Å². The van der Waals surface area contributed by atoms with Crippen LogP contribution in [0.1, 0.15) is 38.8 Å². The van der Waals surface area contributed by atoms with Gasteiger partial charge in [0.25, 0.3) is 0 Å². The molecular weight excluding hydrogens is 320 g/mol. The number of nitrogens with two attached hydrogens (primary N) is 1. The highest BCUT2D eigenvalue weighted by atomic mass is 79.9.